The van der Waals surface area contributed by atoms with Gasteiger partial charge in [0.25, 0.3) is 11.6 Å². The zero-order valence-electron chi connectivity index (χ0n) is 14.9. The summed E-state index contributed by atoms with van der Waals surface area (Å²) in [7, 11) is 1.42. The molecule has 0 heterocycles. The number of non-ortho nitro benzene ring substituents is 1. The Bertz CT molecular complexity index is 913. The van der Waals surface area contributed by atoms with Gasteiger partial charge in [-0.3, -0.25) is 14.9 Å². The lowest BCUT2D eigenvalue weighted by Gasteiger charge is -2.12. The van der Waals surface area contributed by atoms with Gasteiger partial charge in [-0.1, -0.05) is 11.6 Å². The minimum absolute atomic E-state index is 0.0677. The molecule has 27 heavy (non-hydrogen) atoms. The monoisotopic (exact) mass is 392 g/mol. The highest BCUT2D eigenvalue weighted by molar-refractivity contribution is 6.31. The zero-order chi connectivity index (χ0) is 20.1. The van der Waals surface area contributed by atoms with E-state index in [1.807, 2.05) is 0 Å². The molecule has 9 heteroatoms. The van der Waals surface area contributed by atoms with Gasteiger partial charge in [0.2, 0.25) is 0 Å². The highest BCUT2D eigenvalue weighted by atomic mass is 35.5. The molecule has 2 aromatic carbocycles. The lowest BCUT2D eigenvalue weighted by molar-refractivity contribution is -0.384. The van der Waals surface area contributed by atoms with Gasteiger partial charge in [-0.15, -0.1) is 0 Å². The van der Waals surface area contributed by atoms with Crippen molar-refractivity contribution in [2.75, 3.05) is 19.0 Å². The molecule has 0 aliphatic carbocycles. The van der Waals surface area contributed by atoms with Crippen molar-refractivity contribution in [3.8, 4) is 5.75 Å². The van der Waals surface area contributed by atoms with Crippen LogP contribution in [0.2, 0.25) is 5.02 Å². The largest absolute Gasteiger partial charge is 0.495 e. The van der Waals surface area contributed by atoms with Gasteiger partial charge in [-0.25, -0.2) is 4.79 Å². The first-order valence-corrected chi connectivity index (χ1v) is 8.26. The number of nitrogens with one attached hydrogen (secondary N) is 1. The molecule has 8 nitrogen and oxygen atoms in total. The number of rotatable bonds is 6. The highest BCUT2D eigenvalue weighted by Gasteiger charge is 2.20. The predicted octanol–water partition coefficient (Wildman–Crippen LogP) is 3.99. The molecule has 0 spiro atoms. The summed E-state index contributed by atoms with van der Waals surface area (Å²) in [5.74, 6) is -1.07. The Kier molecular flexibility index (Phi) is 6.36. The van der Waals surface area contributed by atoms with Gasteiger partial charge >= 0.3 is 5.97 Å². The number of nitrogens with zero attached hydrogens (tertiary/aromatic N) is 1. The van der Waals surface area contributed by atoms with Gasteiger partial charge < -0.3 is 14.8 Å². The van der Waals surface area contributed by atoms with E-state index >= 15 is 0 Å². The van der Waals surface area contributed by atoms with Crippen LogP contribution >= 0.6 is 11.6 Å². The van der Waals surface area contributed by atoms with Crippen LogP contribution in [-0.2, 0) is 4.74 Å². The number of amides is 1. The lowest BCUT2D eigenvalue weighted by atomic mass is 10.1. The van der Waals surface area contributed by atoms with E-state index in [1.165, 1.54) is 13.2 Å². The second-order valence-corrected chi connectivity index (χ2v) is 5.91. The first kappa shape index (κ1) is 20.2. The number of anilines is 1. The Morgan fingerprint density at radius 2 is 1.85 bits per heavy atom. The molecular weight excluding hydrogens is 376 g/mol. The van der Waals surface area contributed by atoms with Crippen LogP contribution in [-0.4, -0.2) is 30.5 Å². The number of ether oxygens (including phenoxy) is 2. The third kappa shape index (κ3) is 4.73. The number of hydrogen-bond acceptors (Lipinski definition) is 6. The van der Waals surface area contributed by atoms with Crippen LogP contribution in [0.1, 0.15) is 33.2 Å². The summed E-state index contributed by atoms with van der Waals surface area (Å²) in [6.45, 7) is 3.46. The average Bonchev–Trinajstić information content (AvgIpc) is 2.64. The van der Waals surface area contributed by atoms with Gasteiger partial charge in [0.05, 0.1) is 29.9 Å². The fraction of sp³-hybridized carbons (Fsp3) is 0.222. The van der Waals surface area contributed by atoms with Gasteiger partial charge in [0.15, 0.2) is 0 Å². The molecule has 2 rings (SSSR count). The molecule has 0 atom stereocenters. The Hall–Kier alpha value is -3.13. The minimum atomic E-state index is -0.754. The number of aryl methyl sites for hydroxylation is 1. The summed E-state index contributed by atoms with van der Waals surface area (Å²) in [5, 5.41) is 14.2. The first-order chi connectivity index (χ1) is 12.8. The van der Waals surface area contributed by atoms with E-state index < -0.39 is 22.5 Å². The van der Waals surface area contributed by atoms with Crippen LogP contribution in [0.15, 0.2) is 30.3 Å². The third-order valence-electron chi connectivity index (χ3n) is 3.63. The van der Waals surface area contributed by atoms with Crippen molar-refractivity contribution in [1.29, 1.82) is 0 Å². The van der Waals surface area contributed by atoms with E-state index in [4.69, 9.17) is 21.1 Å². The van der Waals surface area contributed by atoms with Crippen molar-refractivity contribution < 1.29 is 24.0 Å². The van der Waals surface area contributed by atoms with E-state index in [2.05, 4.69) is 5.32 Å². The number of carbonyl (C=O) groups is 2. The van der Waals surface area contributed by atoms with Gasteiger partial charge in [0.1, 0.15) is 5.75 Å². The molecule has 1 N–H and O–H groups in total. The number of carbonyl (C=O) groups excluding carboxylic acids is 2. The molecule has 142 valence electrons. The Morgan fingerprint density at radius 1 is 1.19 bits per heavy atom. The van der Waals surface area contributed by atoms with Crippen molar-refractivity contribution >= 4 is 34.9 Å². The lowest BCUT2D eigenvalue weighted by Crippen LogP contribution is -2.15. The molecule has 0 aliphatic heterocycles. The van der Waals surface area contributed by atoms with Crippen molar-refractivity contribution in [3.63, 3.8) is 0 Å². The molecule has 1 amide bonds. The van der Waals surface area contributed by atoms with E-state index in [1.54, 1.807) is 26.0 Å². The zero-order valence-corrected chi connectivity index (χ0v) is 15.6. The molecule has 0 saturated heterocycles. The van der Waals surface area contributed by atoms with Crippen LogP contribution in [0.4, 0.5) is 11.4 Å². The van der Waals surface area contributed by atoms with E-state index in [-0.39, 0.29) is 17.7 Å². The smallest absolute Gasteiger partial charge is 0.338 e. The molecule has 0 saturated carbocycles. The number of esters is 1. The Balaban J connectivity index is 2.42. The summed E-state index contributed by atoms with van der Waals surface area (Å²) in [5.41, 5.74) is 0.495. The van der Waals surface area contributed by atoms with Gasteiger partial charge in [-0.2, -0.15) is 0 Å². The number of nitro benzene ring substituents is 1. The summed E-state index contributed by atoms with van der Waals surface area (Å²) < 4.78 is 10.0. The summed E-state index contributed by atoms with van der Waals surface area (Å²) in [4.78, 5) is 35.0. The second-order valence-electron chi connectivity index (χ2n) is 5.50. The van der Waals surface area contributed by atoms with Crippen LogP contribution in [0, 0.1) is 17.0 Å². The van der Waals surface area contributed by atoms with Crippen molar-refractivity contribution in [3.05, 3.63) is 62.2 Å². The fourth-order valence-corrected chi connectivity index (χ4v) is 2.46. The maximum atomic E-state index is 12.6. The van der Waals surface area contributed by atoms with Gasteiger partial charge in [0, 0.05) is 28.8 Å². The van der Waals surface area contributed by atoms with E-state index in [0.717, 1.165) is 12.1 Å². The van der Waals surface area contributed by atoms with Crippen molar-refractivity contribution in [1.82, 2.24) is 0 Å². The van der Waals surface area contributed by atoms with Crippen LogP contribution in [0.3, 0.4) is 0 Å². The normalized spacial score (nSPS) is 10.2. The second kappa shape index (κ2) is 8.50. The molecule has 0 unspecified atom stereocenters. The Morgan fingerprint density at radius 3 is 2.44 bits per heavy atom. The van der Waals surface area contributed by atoms with Crippen LogP contribution in [0.5, 0.6) is 5.75 Å². The van der Waals surface area contributed by atoms with E-state index in [9.17, 15) is 19.7 Å². The van der Waals surface area contributed by atoms with Crippen LogP contribution < -0.4 is 10.1 Å². The number of hydrogen-bond donors (Lipinski definition) is 1. The van der Waals surface area contributed by atoms with Crippen LogP contribution in [0.25, 0.3) is 0 Å². The Labute approximate surface area is 160 Å². The molecule has 0 aromatic heterocycles. The standard InChI is InChI=1S/C18H17ClN2O6/c1-4-27-18(23)12-6-11(7-13(8-12)21(24)25)17(22)20-15-5-10(2)14(19)9-16(15)26-3/h5-9H,4H2,1-3H3,(H,20,22). The number of nitro groups is 1. The number of benzene rings is 2. The summed E-state index contributed by atoms with van der Waals surface area (Å²) in [6.07, 6.45) is 0. The quantitative estimate of drug-likeness (QED) is 0.452. The number of halogens is 1. The molecule has 0 bridgehead atoms. The van der Waals surface area contributed by atoms with Crippen molar-refractivity contribution in [2.24, 2.45) is 0 Å². The molecule has 0 radical (unpaired) electrons. The minimum Gasteiger partial charge on any atom is -0.495 e. The first-order valence-electron chi connectivity index (χ1n) is 7.89. The SMILES string of the molecule is CCOC(=O)c1cc(C(=O)Nc2cc(C)c(Cl)cc2OC)cc([N+](=O)[O-])c1. The topological polar surface area (TPSA) is 108 Å². The summed E-state index contributed by atoms with van der Waals surface area (Å²) >= 11 is 6.04. The fourth-order valence-electron chi connectivity index (χ4n) is 2.30. The van der Waals surface area contributed by atoms with Crippen molar-refractivity contribution in [2.45, 2.75) is 13.8 Å². The summed E-state index contributed by atoms with van der Waals surface area (Å²) in [6, 6.07) is 6.53. The maximum Gasteiger partial charge on any atom is 0.338 e. The third-order valence-corrected chi connectivity index (χ3v) is 4.04. The highest BCUT2D eigenvalue weighted by Crippen LogP contribution is 2.31. The molecular formula is C18H17ClN2O6. The number of methoxy groups -OCH3 is 1. The maximum absolute atomic E-state index is 12.6. The predicted molar refractivity (Wildman–Crippen MR) is 99.7 cm³/mol. The molecule has 0 fully saturated rings. The van der Waals surface area contributed by atoms with Gasteiger partial charge in [-0.05, 0) is 31.5 Å². The average molecular weight is 393 g/mol. The molecule has 0 aliphatic rings. The molecule has 2 aromatic rings. The van der Waals surface area contributed by atoms with E-state index in [0.29, 0.717) is 22.0 Å².